The SMILES string of the molecule is Cc1ccc(CC(=O)Nc2ncc(Br)s2)cc1. The van der Waals surface area contributed by atoms with Crippen LogP contribution in [0.3, 0.4) is 0 Å². The van der Waals surface area contributed by atoms with Crippen molar-refractivity contribution in [3.63, 3.8) is 0 Å². The number of carbonyl (C=O) groups excluding carboxylic acids is 1. The summed E-state index contributed by atoms with van der Waals surface area (Å²) in [7, 11) is 0. The van der Waals surface area contributed by atoms with E-state index in [4.69, 9.17) is 0 Å². The minimum atomic E-state index is -0.0456. The van der Waals surface area contributed by atoms with Crippen molar-refractivity contribution in [1.82, 2.24) is 4.98 Å². The van der Waals surface area contributed by atoms with Gasteiger partial charge in [0.2, 0.25) is 5.91 Å². The van der Waals surface area contributed by atoms with Gasteiger partial charge >= 0.3 is 0 Å². The Kier molecular flexibility index (Phi) is 3.91. The first-order valence-corrected chi connectivity index (χ1v) is 6.71. The highest BCUT2D eigenvalue weighted by atomic mass is 79.9. The molecular weight excluding hydrogens is 300 g/mol. The van der Waals surface area contributed by atoms with E-state index in [2.05, 4.69) is 26.2 Å². The zero-order valence-corrected chi connectivity index (χ0v) is 11.6. The number of aromatic nitrogens is 1. The molecule has 0 spiro atoms. The predicted octanol–water partition coefficient (Wildman–Crippen LogP) is 3.40. The zero-order valence-electron chi connectivity index (χ0n) is 9.24. The van der Waals surface area contributed by atoms with Gasteiger partial charge in [-0.1, -0.05) is 41.2 Å². The van der Waals surface area contributed by atoms with E-state index in [0.29, 0.717) is 11.6 Å². The monoisotopic (exact) mass is 310 g/mol. The van der Waals surface area contributed by atoms with E-state index in [1.165, 1.54) is 16.9 Å². The number of rotatable bonds is 3. The Hall–Kier alpha value is -1.20. The first-order chi connectivity index (χ1) is 8.13. The van der Waals surface area contributed by atoms with Crippen LogP contribution in [0, 0.1) is 6.92 Å². The second kappa shape index (κ2) is 5.42. The van der Waals surface area contributed by atoms with Crippen LogP contribution in [0.15, 0.2) is 34.2 Å². The van der Waals surface area contributed by atoms with E-state index >= 15 is 0 Å². The maximum Gasteiger partial charge on any atom is 0.230 e. The van der Waals surface area contributed by atoms with E-state index < -0.39 is 0 Å². The Morgan fingerprint density at radius 1 is 1.41 bits per heavy atom. The third-order valence-corrected chi connectivity index (χ3v) is 3.60. The molecule has 2 aromatic rings. The fourth-order valence-corrected chi connectivity index (χ4v) is 2.49. The van der Waals surface area contributed by atoms with Gasteiger partial charge < -0.3 is 5.32 Å². The second-order valence-electron chi connectivity index (χ2n) is 3.68. The summed E-state index contributed by atoms with van der Waals surface area (Å²) in [4.78, 5) is 15.8. The molecule has 0 saturated heterocycles. The van der Waals surface area contributed by atoms with Crippen molar-refractivity contribution in [2.75, 3.05) is 5.32 Å². The molecule has 0 saturated carbocycles. The van der Waals surface area contributed by atoms with Crippen molar-refractivity contribution >= 4 is 38.3 Å². The van der Waals surface area contributed by atoms with Crippen molar-refractivity contribution < 1.29 is 4.79 Å². The molecule has 5 heteroatoms. The minimum absolute atomic E-state index is 0.0456. The lowest BCUT2D eigenvalue weighted by molar-refractivity contribution is -0.115. The van der Waals surface area contributed by atoms with Crippen molar-refractivity contribution in [3.05, 3.63) is 45.4 Å². The number of anilines is 1. The van der Waals surface area contributed by atoms with Crippen molar-refractivity contribution in [2.24, 2.45) is 0 Å². The van der Waals surface area contributed by atoms with Gasteiger partial charge in [-0.05, 0) is 28.4 Å². The van der Waals surface area contributed by atoms with E-state index in [0.717, 1.165) is 9.35 Å². The third kappa shape index (κ3) is 3.64. The largest absolute Gasteiger partial charge is 0.302 e. The highest BCUT2D eigenvalue weighted by molar-refractivity contribution is 9.11. The Bertz CT molecular complexity index is 522. The summed E-state index contributed by atoms with van der Waals surface area (Å²) in [5, 5.41) is 3.38. The van der Waals surface area contributed by atoms with Crippen LogP contribution >= 0.6 is 27.3 Å². The molecule has 88 valence electrons. The Morgan fingerprint density at radius 3 is 2.71 bits per heavy atom. The average molecular weight is 311 g/mol. The lowest BCUT2D eigenvalue weighted by Gasteiger charge is -2.02. The standard InChI is InChI=1S/C12H11BrN2OS/c1-8-2-4-9(5-3-8)6-11(16)15-12-14-7-10(13)17-12/h2-5,7H,6H2,1H3,(H,14,15,16). The summed E-state index contributed by atoms with van der Waals surface area (Å²) in [5.74, 6) is -0.0456. The van der Waals surface area contributed by atoms with Gasteiger partial charge in [0.05, 0.1) is 16.4 Å². The Labute approximate surface area is 112 Å². The van der Waals surface area contributed by atoms with Gasteiger partial charge in [0.15, 0.2) is 5.13 Å². The van der Waals surface area contributed by atoms with E-state index in [-0.39, 0.29) is 5.91 Å². The molecule has 17 heavy (non-hydrogen) atoms. The van der Waals surface area contributed by atoms with Crippen LogP contribution in [-0.4, -0.2) is 10.9 Å². The summed E-state index contributed by atoms with van der Waals surface area (Å²) in [6.45, 7) is 2.02. The number of aryl methyl sites for hydroxylation is 1. The molecule has 0 radical (unpaired) electrons. The molecule has 1 aromatic heterocycles. The summed E-state index contributed by atoms with van der Waals surface area (Å²) in [5.41, 5.74) is 2.20. The van der Waals surface area contributed by atoms with Gasteiger partial charge in [0, 0.05) is 0 Å². The van der Waals surface area contributed by atoms with Gasteiger partial charge in [0.1, 0.15) is 0 Å². The number of hydrogen-bond acceptors (Lipinski definition) is 3. The topological polar surface area (TPSA) is 42.0 Å². The van der Waals surface area contributed by atoms with Gasteiger partial charge in [-0.3, -0.25) is 4.79 Å². The molecule has 0 aliphatic carbocycles. The summed E-state index contributed by atoms with van der Waals surface area (Å²) in [6.07, 6.45) is 2.05. The van der Waals surface area contributed by atoms with Crippen molar-refractivity contribution in [2.45, 2.75) is 13.3 Å². The minimum Gasteiger partial charge on any atom is -0.302 e. The fraction of sp³-hybridized carbons (Fsp3) is 0.167. The first-order valence-electron chi connectivity index (χ1n) is 5.10. The molecule has 1 aromatic carbocycles. The van der Waals surface area contributed by atoms with Crippen molar-refractivity contribution in [1.29, 1.82) is 0 Å². The first kappa shape index (κ1) is 12.3. The number of carbonyl (C=O) groups is 1. The van der Waals surface area contributed by atoms with E-state index in [1.54, 1.807) is 6.20 Å². The normalized spacial score (nSPS) is 10.2. The maximum absolute atomic E-state index is 11.7. The highest BCUT2D eigenvalue weighted by Crippen LogP contribution is 2.23. The summed E-state index contributed by atoms with van der Waals surface area (Å²) in [6, 6.07) is 7.94. The fourth-order valence-electron chi connectivity index (χ4n) is 1.37. The molecule has 0 bridgehead atoms. The van der Waals surface area contributed by atoms with Gasteiger partial charge in [-0.25, -0.2) is 4.98 Å². The predicted molar refractivity (Wildman–Crippen MR) is 73.3 cm³/mol. The lowest BCUT2D eigenvalue weighted by Crippen LogP contribution is -2.14. The number of amides is 1. The zero-order chi connectivity index (χ0) is 12.3. The summed E-state index contributed by atoms with van der Waals surface area (Å²) >= 11 is 4.70. The third-order valence-electron chi connectivity index (χ3n) is 2.21. The maximum atomic E-state index is 11.7. The van der Waals surface area contributed by atoms with Crippen LogP contribution in [0.5, 0.6) is 0 Å². The Morgan fingerprint density at radius 2 is 2.12 bits per heavy atom. The van der Waals surface area contributed by atoms with Gasteiger partial charge in [-0.15, -0.1) is 0 Å². The molecule has 0 atom stereocenters. The average Bonchev–Trinajstić information content (AvgIpc) is 2.67. The van der Waals surface area contributed by atoms with Crippen molar-refractivity contribution in [3.8, 4) is 0 Å². The number of halogens is 1. The van der Waals surface area contributed by atoms with Crippen LogP contribution in [0.2, 0.25) is 0 Å². The van der Waals surface area contributed by atoms with E-state index in [9.17, 15) is 4.79 Å². The summed E-state index contributed by atoms with van der Waals surface area (Å²) < 4.78 is 0.906. The molecular formula is C12H11BrN2OS. The number of benzene rings is 1. The van der Waals surface area contributed by atoms with Crippen LogP contribution in [-0.2, 0) is 11.2 Å². The molecule has 1 heterocycles. The number of thiazole rings is 1. The second-order valence-corrected chi connectivity index (χ2v) is 6.09. The van der Waals surface area contributed by atoms with Crippen LogP contribution in [0.25, 0.3) is 0 Å². The smallest absolute Gasteiger partial charge is 0.230 e. The highest BCUT2D eigenvalue weighted by Gasteiger charge is 2.06. The number of hydrogen-bond donors (Lipinski definition) is 1. The molecule has 1 N–H and O–H groups in total. The van der Waals surface area contributed by atoms with Gasteiger partial charge in [-0.2, -0.15) is 0 Å². The van der Waals surface area contributed by atoms with Gasteiger partial charge in [0.25, 0.3) is 0 Å². The molecule has 0 unspecified atom stereocenters. The number of nitrogens with zero attached hydrogens (tertiary/aromatic N) is 1. The lowest BCUT2D eigenvalue weighted by atomic mass is 10.1. The van der Waals surface area contributed by atoms with Crippen LogP contribution < -0.4 is 5.32 Å². The van der Waals surface area contributed by atoms with Crippen LogP contribution in [0.1, 0.15) is 11.1 Å². The molecule has 0 fully saturated rings. The molecule has 0 aliphatic heterocycles. The quantitative estimate of drug-likeness (QED) is 0.944. The Balaban J connectivity index is 1.95. The molecule has 0 aliphatic rings. The molecule has 3 nitrogen and oxygen atoms in total. The molecule has 1 amide bonds. The molecule has 2 rings (SSSR count). The van der Waals surface area contributed by atoms with E-state index in [1.807, 2.05) is 31.2 Å². The number of nitrogens with one attached hydrogen (secondary N) is 1. The van der Waals surface area contributed by atoms with Crippen LogP contribution in [0.4, 0.5) is 5.13 Å².